The Balaban J connectivity index is 1.76. The van der Waals surface area contributed by atoms with Gasteiger partial charge in [-0.1, -0.05) is 31.2 Å². The molecule has 2 aromatic rings. The smallest absolute Gasteiger partial charge is 0.143 e. The maximum atomic E-state index is 9.46. The molecule has 3 nitrogen and oxygen atoms in total. The summed E-state index contributed by atoms with van der Waals surface area (Å²) >= 11 is 0. The van der Waals surface area contributed by atoms with Crippen molar-refractivity contribution in [2.45, 2.75) is 25.9 Å². The van der Waals surface area contributed by atoms with Gasteiger partial charge in [-0.3, -0.25) is 0 Å². The van der Waals surface area contributed by atoms with Gasteiger partial charge in [0.15, 0.2) is 0 Å². The molecule has 1 unspecified atom stereocenters. The third kappa shape index (κ3) is 2.57. The van der Waals surface area contributed by atoms with Crippen LogP contribution in [0, 0.1) is 0 Å². The van der Waals surface area contributed by atoms with Crippen LogP contribution in [0.15, 0.2) is 42.5 Å². The fourth-order valence-corrected chi connectivity index (χ4v) is 2.66. The summed E-state index contributed by atoms with van der Waals surface area (Å²) in [5.41, 5.74) is 3.60. The molecule has 1 aliphatic rings. The number of anilines is 1. The topological polar surface area (TPSA) is 41.5 Å². The van der Waals surface area contributed by atoms with Crippen LogP contribution >= 0.6 is 0 Å². The maximum absolute atomic E-state index is 9.46. The van der Waals surface area contributed by atoms with E-state index in [2.05, 4.69) is 36.5 Å². The first-order chi connectivity index (χ1) is 9.76. The number of ether oxygens (including phenoxy) is 1. The van der Waals surface area contributed by atoms with E-state index >= 15 is 0 Å². The van der Waals surface area contributed by atoms with Gasteiger partial charge in [-0.05, 0) is 29.7 Å². The number of fused-ring (bicyclic) bond motifs is 1. The lowest BCUT2D eigenvalue weighted by Crippen LogP contribution is -2.32. The molecule has 1 heterocycles. The van der Waals surface area contributed by atoms with Crippen LogP contribution in [0.25, 0.3) is 0 Å². The Hall–Kier alpha value is -2.16. The van der Waals surface area contributed by atoms with Crippen LogP contribution in [0.3, 0.4) is 0 Å². The number of benzene rings is 2. The molecule has 3 heteroatoms. The van der Waals surface area contributed by atoms with Crippen LogP contribution in [0.1, 0.15) is 18.1 Å². The van der Waals surface area contributed by atoms with Crippen molar-refractivity contribution in [1.82, 2.24) is 0 Å². The number of nitrogens with one attached hydrogen (secondary N) is 1. The van der Waals surface area contributed by atoms with Crippen molar-refractivity contribution in [2.75, 3.05) is 11.9 Å². The van der Waals surface area contributed by atoms with Crippen molar-refractivity contribution in [3.63, 3.8) is 0 Å². The second-order valence-corrected chi connectivity index (χ2v) is 5.13. The van der Waals surface area contributed by atoms with E-state index in [0.29, 0.717) is 0 Å². The largest absolute Gasteiger partial charge is 0.508 e. The molecular formula is C17H19NO2. The van der Waals surface area contributed by atoms with Crippen LogP contribution in [0.4, 0.5) is 5.69 Å². The average molecular weight is 269 g/mol. The van der Waals surface area contributed by atoms with Gasteiger partial charge in [0, 0.05) is 12.5 Å². The van der Waals surface area contributed by atoms with E-state index in [-0.39, 0.29) is 11.9 Å². The zero-order chi connectivity index (χ0) is 13.9. The molecule has 0 spiro atoms. The summed E-state index contributed by atoms with van der Waals surface area (Å²) in [7, 11) is 0. The van der Waals surface area contributed by atoms with Gasteiger partial charge >= 0.3 is 0 Å². The minimum atomic E-state index is 0.125. The minimum absolute atomic E-state index is 0.125. The predicted molar refractivity (Wildman–Crippen MR) is 80.5 cm³/mol. The third-order valence-electron chi connectivity index (χ3n) is 3.72. The molecule has 0 aromatic heterocycles. The molecule has 0 bridgehead atoms. The molecule has 0 amide bonds. The fraction of sp³-hybridized carbons (Fsp3) is 0.294. The first kappa shape index (κ1) is 12.9. The van der Waals surface area contributed by atoms with Crippen molar-refractivity contribution in [2.24, 2.45) is 0 Å². The zero-order valence-electron chi connectivity index (χ0n) is 11.6. The lowest BCUT2D eigenvalue weighted by atomic mass is 9.99. The van der Waals surface area contributed by atoms with Crippen molar-refractivity contribution in [3.8, 4) is 11.5 Å². The van der Waals surface area contributed by atoms with Crippen LogP contribution in [-0.4, -0.2) is 17.8 Å². The van der Waals surface area contributed by atoms with Crippen LogP contribution in [0.2, 0.25) is 0 Å². The summed E-state index contributed by atoms with van der Waals surface area (Å²) < 4.78 is 6.02. The Kier molecular flexibility index (Phi) is 3.50. The molecule has 3 rings (SSSR count). The second kappa shape index (κ2) is 5.45. The van der Waals surface area contributed by atoms with Gasteiger partial charge in [0.2, 0.25) is 0 Å². The summed E-state index contributed by atoms with van der Waals surface area (Å²) in [5.74, 6) is 1.07. The highest BCUT2D eigenvalue weighted by Crippen LogP contribution is 2.32. The number of hydrogen-bond acceptors (Lipinski definition) is 3. The highest BCUT2D eigenvalue weighted by atomic mass is 16.5. The van der Waals surface area contributed by atoms with Crippen molar-refractivity contribution in [1.29, 1.82) is 0 Å². The van der Waals surface area contributed by atoms with Crippen LogP contribution in [0.5, 0.6) is 11.5 Å². The van der Waals surface area contributed by atoms with Gasteiger partial charge in [0.25, 0.3) is 0 Å². The lowest BCUT2D eigenvalue weighted by molar-refractivity contribution is 0.206. The standard InChI is InChI=1S/C17H19NO2/c1-2-12-5-3-4-6-13(12)9-15-11-18-16-10-14(19)7-8-17(16)20-15/h3-8,10,15,18-19H,2,9,11H2,1H3. The number of phenols is 1. The molecule has 0 fully saturated rings. The maximum Gasteiger partial charge on any atom is 0.143 e. The number of rotatable bonds is 3. The molecule has 1 aliphatic heterocycles. The Morgan fingerprint density at radius 1 is 1.20 bits per heavy atom. The quantitative estimate of drug-likeness (QED) is 0.897. The van der Waals surface area contributed by atoms with E-state index in [1.807, 2.05) is 6.07 Å². The Labute approximate surface area is 119 Å². The monoisotopic (exact) mass is 269 g/mol. The van der Waals surface area contributed by atoms with Gasteiger partial charge in [-0.2, -0.15) is 0 Å². The summed E-state index contributed by atoms with van der Waals surface area (Å²) in [6, 6.07) is 13.7. The number of phenolic OH excluding ortho intramolecular Hbond substituents is 1. The molecule has 0 aliphatic carbocycles. The number of aryl methyl sites for hydroxylation is 1. The Bertz CT molecular complexity index is 610. The normalized spacial score (nSPS) is 16.9. The Morgan fingerprint density at radius 3 is 2.80 bits per heavy atom. The second-order valence-electron chi connectivity index (χ2n) is 5.13. The van der Waals surface area contributed by atoms with Crippen LogP contribution < -0.4 is 10.1 Å². The van der Waals surface area contributed by atoms with E-state index in [4.69, 9.17) is 4.74 Å². The molecule has 0 saturated heterocycles. The van der Waals surface area contributed by atoms with Gasteiger partial charge in [0.05, 0.1) is 12.2 Å². The molecular weight excluding hydrogens is 250 g/mol. The van der Waals surface area contributed by atoms with E-state index in [1.54, 1.807) is 12.1 Å². The summed E-state index contributed by atoms with van der Waals surface area (Å²) in [6.07, 6.45) is 2.07. The molecule has 2 aromatic carbocycles. The van der Waals surface area contributed by atoms with Crippen molar-refractivity contribution in [3.05, 3.63) is 53.6 Å². The zero-order valence-corrected chi connectivity index (χ0v) is 11.6. The fourth-order valence-electron chi connectivity index (χ4n) is 2.66. The van der Waals surface area contributed by atoms with Gasteiger partial charge in [-0.25, -0.2) is 0 Å². The number of hydrogen-bond donors (Lipinski definition) is 2. The highest BCUT2D eigenvalue weighted by Gasteiger charge is 2.20. The predicted octanol–water partition coefficient (Wildman–Crippen LogP) is 3.37. The summed E-state index contributed by atoms with van der Waals surface area (Å²) in [5, 5.41) is 12.8. The Morgan fingerprint density at radius 2 is 2.00 bits per heavy atom. The molecule has 104 valence electrons. The van der Waals surface area contributed by atoms with E-state index in [0.717, 1.165) is 30.8 Å². The van der Waals surface area contributed by atoms with Crippen LogP contribution in [-0.2, 0) is 12.8 Å². The molecule has 2 N–H and O–H groups in total. The molecule has 0 radical (unpaired) electrons. The van der Waals surface area contributed by atoms with E-state index in [9.17, 15) is 5.11 Å². The average Bonchev–Trinajstić information content (AvgIpc) is 2.48. The van der Waals surface area contributed by atoms with E-state index in [1.165, 1.54) is 11.1 Å². The van der Waals surface area contributed by atoms with Gasteiger partial charge in [-0.15, -0.1) is 0 Å². The van der Waals surface area contributed by atoms with Gasteiger partial charge in [0.1, 0.15) is 17.6 Å². The number of aromatic hydroxyl groups is 1. The molecule has 0 saturated carbocycles. The summed E-state index contributed by atoms with van der Waals surface area (Å²) in [6.45, 7) is 2.94. The SMILES string of the molecule is CCc1ccccc1CC1CNc2cc(O)ccc2O1. The minimum Gasteiger partial charge on any atom is -0.508 e. The van der Waals surface area contributed by atoms with Gasteiger partial charge < -0.3 is 15.2 Å². The molecule has 1 atom stereocenters. The molecule has 20 heavy (non-hydrogen) atoms. The lowest BCUT2D eigenvalue weighted by Gasteiger charge is -2.28. The highest BCUT2D eigenvalue weighted by molar-refractivity contribution is 5.60. The van der Waals surface area contributed by atoms with E-state index < -0.39 is 0 Å². The first-order valence-corrected chi connectivity index (χ1v) is 7.06. The van der Waals surface area contributed by atoms with Crippen molar-refractivity contribution >= 4 is 5.69 Å². The summed E-state index contributed by atoms with van der Waals surface area (Å²) in [4.78, 5) is 0. The van der Waals surface area contributed by atoms with Crippen molar-refractivity contribution < 1.29 is 9.84 Å². The third-order valence-corrected chi connectivity index (χ3v) is 3.72. The first-order valence-electron chi connectivity index (χ1n) is 7.06.